The van der Waals surface area contributed by atoms with Crippen molar-refractivity contribution in [3.05, 3.63) is 102 Å². The molecule has 1 aliphatic rings. The Balaban J connectivity index is 1.63. The molecule has 0 amide bonds. The smallest absolute Gasteiger partial charge is 0.123 e. The van der Waals surface area contributed by atoms with Crippen LogP contribution in [0, 0.1) is 5.82 Å². The van der Waals surface area contributed by atoms with Crippen molar-refractivity contribution in [1.29, 1.82) is 0 Å². The number of halogens is 1. The first-order chi connectivity index (χ1) is 14.2. The number of hydrogen-bond donors (Lipinski definition) is 0. The summed E-state index contributed by atoms with van der Waals surface area (Å²) in [5.74, 6) is -0.210. The Morgan fingerprint density at radius 1 is 0.897 bits per heavy atom. The van der Waals surface area contributed by atoms with Gasteiger partial charge in [-0.3, -0.25) is 4.90 Å². The Morgan fingerprint density at radius 3 is 2.62 bits per heavy atom. The number of nitrogens with zero attached hydrogens (tertiary/aromatic N) is 3. The Bertz CT molecular complexity index is 1230. The third-order valence-corrected chi connectivity index (χ3v) is 5.42. The van der Waals surface area contributed by atoms with Gasteiger partial charge in [0.25, 0.3) is 0 Å². The molecule has 0 saturated carbocycles. The van der Waals surface area contributed by atoms with E-state index in [9.17, 15) is 4.39 Å². The Labute approximate surface area is 169 Å². The molecule has 4 aromatic rings. The number of rotatable bonds is 2. The van der Waals surface area contributed by atoms with E-state index in [-0.39, 0.29) is 5.82 Å². The second kappa shape index (κ2) is 7.22. The summed E-state index contributed by atoms with van der Waals surface area (Å²) < 4.78 is 13.7. The molecule has 3 nitrogen and oxygen atoms in total. The molecule has 1 aliphatic heterocycles. The fourth-order valence-corrected chi connectivity index (χ4v) is 3.97. The van der Waals surface area contributed by atoms with Gasteiger partial charge in [0.15, 0.2) is 0 Å². The van der Waals surface area contributed by atoms with E-state index in [1.54, 1.807) is 12.3 Å². The van der Waals surface area contributed by atoms with E-state index in [0.717, 1.165) is 40.7 Å². The molecule has 0 unspecified atom stereocenters. The summed E-state index contributed by atoms with van der Waals surface area (Å²) in [4.78, 5) is 2.28. The van der Waals surface area contributed by atoms with Gasteiger partial charge >= 0.3 is 0 Å². The number of aromatic nitrogens is 2. The third-order valence-electron chi connectivity index (χ3n) is 5.42. The lowest BCUT2D eigenvalue weighted by Gasteiger charge is -2.15. The van der Waals surface area contributed by atoms with Gasteiger partial charge in [0, 0.05) is 24.8 Å². The molecule has 0 radical (unpaired) electrons. The second-order valence-corrected chi connectivity index (χ2v) is 7.50. The monoisotopic (exact) mass is 381 g/mol. The van der Waals surface area contributed by atoms with Gasteiger partial charge in [-0.25, -0.2) is 4.39 Å². The van der Waals surface area contributed by atoms with Crippen molar-refractivity contribution in [1.82, 2.24) is 15.1 Å². The van der Waals surface area contributed by atoms with Gasteiger partial charge in [-0.1, -0.05) is 36.4 Å². The van der Waals surface area contributed by atoms with Crippen LogP contribution in [0.15, 0.2) is 79.0 Å². The zero-order chi connectivity index (χ0) is 19.8. The Hall–Kier alpha value is -3.37. The molecule has 0 N–H and O–H groups in total. The van der Waals surface area contributed by atoms with Crippen LogP contribution < -0.4 is 0 Å². The van der Waals surface area contributed by atoms with Gasteiger partial charge in [-0.2, -0.15) is 10.2 Å². The topological polar surface area (TPSA) is 29.0 Å². The molecule has 5 rings (SSSR count). The number of fused-ring (bicyclic) bond motifs is 2. The molecule has 0 spiro atoms. The molecule has 29 heavy (non-hydrogen) atoms. The average molecular weight is 381 g/mol. The number of benzene rings is 3. The first-order valence-corrected chi connectivity index (χ1v) is 9.67. The molecular formula is C25H20FN3. The molecule has 1 aromatic heterocycles. The summed E-state index contributed by atoms with van der Waals surface area (Å²) in [6, 6.07) is 21.5. The lowest BCUT2D eigenvalue weighted by atomic mass is 9.91. The molecule has 3 aromatic carbocycles. The quantitative estimate of drug-likeness (QED) is 0.471. The fraction of sp³-hybridized carbons (Fsp3) is 0.120. The molecular weight excluding hydrogens is 361 g/mol. The van der Waals surface area contributed by atoms with E-state index < -0.39 is 0 Å². The minimum Gasteiger partial charge on any atom is -0.298 e. The first kappa shape index (κ1) is 17.7. The summed E-state index contributed by atoms with van der Waals surface area (Å²) in [7, 11) is 2.12. The van der Waals surface area contributed by atoms with Crippen LogP contribution in [0.25, 0.3) is 27.6 Å². The van der Waals surface area contributed by atoms with Gasteiger partial charge in [-0.15, -0.1) is 0 Å². The van der Waals surface area contributed by atoms with Gasteiger partial charge < -0.3 is 0 Å². The predicted molar refractivity (Wildman–Crippen MR) is 115 cm³/mol. The molecule has 0 atom stereocenters. The molecule has 2 heterocycles. The van der Waals surface area contributed by atoms with E-state index in [4.69, 9.17) is 0 Å². The number of likely N-dealkylation sites (N-methyl/N-ethyl adjacent to an activating group) is 1. The lowest BCUT2D eigenvalue weighted by Crippen LogP contribution is -2.16. The van der Waals surface area contributed by atoms with Crippen LogP contribution in [-0.2, 0) is 6.54 Å². The summed E-state index contributed by atoms with van der Waals surface area (Å²) in [6.45, 7) is 1.71. The van der Waals surface area contributed by atoms with Crippen molar-refractivity contribution in [3.63, 3.8) is 0 Å². The minimum atomic E-state index is -0.210. The summed E-state index contributed by atoms with van der Waals surface area (Å²) >= 11 is 0. The zero-order valence-corrected chi connectivity index (χ0v) is 16.1. The van der Waals surface area contributed by atoms with Crippen molar-refractivity contribution in [3.8, 4) is 11.3 Å². The molecule has 0 fully saturated rings. The van der Waals surface area contributed by atoms with Crippen molar-refractivity contribution in [2.24, 2.45) is 0 Å². The second-order valence-electron chi connectivity index (χ2n) is 7.50. The van der Waals surface area contributed by atoms with Gasteiger partial charge in [0.1, 0.15) is 5.82 Å². The molecule has 0 aliphatic carbocycles. The van der Waals surface area contributed by atoms with Gasteiger partial charge in [0.2, 0.25) is 0 Å². The minimum absolute atomic E-state index is 0.210. The van der Waals surface area contributed by atoms with E-state index in [1.165, 1.54) is 22.8 Å². The molecule has 142 valence electrons. The lowest BCUT2D eigenvalue weighted by molar-refractivity contribution is 0.366. The van der Waals surface area contributed by atoms with Crippen molar-refractivity contribution >= 4 is 16.3 Å². The van der Waals surface area contributed by atoms with Crippen LogP contribution in [0.4, 0.5) is 4.39 Å². The van der Waals surface area contributed by atoms with Crippen LogP contribution in [0.2, 0.25) is 0 Å². The average Bonchev–Trinajstić information content (AvgIpc) is 2.91. The van der Waals surface area contributed by atoms with Crippen LogP contribution in [0.3, 0.4) is 0 Å². The maximum absolute atomic E-state index is 13.7. The summed E-state index contributed by atoms with van der Waals surface area (Å²) in [5, 5.41) is 10.2. The van der Waals surface area contributed by atoms with E-state index >= 15 is 0 Å². The van der Waals surface area contributed by atoms with E-state index in [1.807, 2.05) is 18.2 Å². The Morgan fingerprint density at radius 2 is 1.76 bits per heavy atom. The highest BCUT2D eigenvalue weighted by atomic mass is 19.1. The predicted octanol–water partition coefficient (Wildman–Crippen LogP) is 5.31. The normalized spacial score (nSPS) is 14.3. The van der Waals surface area contributed by atoms with Crippen LogP contribution in [0.5, 0.6) is 0 Å². The highest BCUT2D eigenvalue weighted by Gasteiger charge is 2.17. The van der Waals surface area contributed by atoms with Gasteiger partial charge in [-0.05, 0) is 76.5 Å². The molecule has 0 saturated heterocycles. The highest BCUT2D eigenvalue weighted by Crippen LogP contribution is 2.33. The fourth-order valence-electron chi connectivity index (χ4n) is 3.97. The van der Waals surface area contributed by atoms with E-state index in [2.05, 4.69) is 64.6 Å². The standard InChI is InChI=1S/C25H20FN3/c1-29-12-10-24(18-5-4-17-6-8-22(26)15-20(17)13-18)23-9-7-19(14-21(23)16-29)25-3-2-11-27-28-25/h2-11,13-15H,12,16H2,1H3. The maximum Gasteiger partial charge on any atom is 0.123 e. The van der Waals surface area contributed by atoms with Crippen molar-refractivity contribution in [2.75, 3.05) is 13.6 Å². The highest BCUT2D eigenvalue weighted by molar-refractivity contribution is 5.90. The van der Waals surface area contributed by atoms with Crippen molar-refractivity contribution in [2.45, 2.75) is 6.54 Å². The third kappa shape index (κ3) is 3.43. The molecule has 0 bridgehead atoms. The van der Waals surface area contributed by atoms with Crippen molar-refractivity contribution < 1.29 is 4.39 Å². The number of hydrogen-bond acceptors (Lipinski definition) is 3. The zero-order valence-electron chi connectivity index (χ0n) is 16.1. The van der Waals surface area contributed by atoms with Crippen LogP contribution in [0.1, 0.15) is 16.7 Å². The molecule has 4 heteroatoms. The van der Waals surface area contributed by atoms with Crippen LogP contribution >= 0.6 is 0 Å². The maximum atomic E-state index is 13.7. The summed E-state index contributed by atoms with van der Waals surface area (Å²) in [5.41, 5.74) is 6.67. The van der Waals surface area contributed by atoms with Crippen LogP contribution in [-0.4, -0.2) is 28.7 Å². The largest absolute Gasteiger partial charge is 0.298 e. The SMILES string of the molecule is CN1CC=C(c2ccc3ccc(F)cc3c2)c2ccc(-c3cccnn3)cc2C1. The van der Waals surface area contributed by atoms with Gasteiger partial charge in [0.05, 0.1) is 5.69 Å². The van der Waals surface area contributed by atoms with E-state index in [0.29, 0.717) is 0 Å². The first-order valence-electron chi connectivity index (χ1n) is 9.67. The Kier molecular flexibility index (Phi) is 4.41. The summed E-state index contributed by atoms with van der Waals surface area (Å²) in [6.07, 6.45) is 3.94.